The quantitative estimate of drug-likeness (QED) is 0.685. The first-order valence-electron chi connectivity index (χ1n) is 7.64. The maximum Gasteiger partial charge on any atom is 0.260 e. The summed E-state index contributed by atoms with van der Waals surface area (Å²) in [5, 5.41) is 5.96. The van der Waals surface area contributed by atoms with Gasteiger partial charge in [0, 0.05) is 18.8 Å². The number of carbonyl (C=O) groups excluding carboxylic acids is 1. The second-order valence-electron chi connectivity index (χ2n) is 5.19. The van der Waals surface area contributed by atoms with E-state index in [1.165, 1.54) is 0 Å². The van der Waals surface area contributed by atoms with Crippen LogP contribution in [0.4, 0.5) is 0 Å². The molecule has 0 bridgehead atoms. The standard InChI is InChI=1S/C16H27N3O2/c1-5-6-7-10-18-16(20)13(3)21-15-9-8-12(2)19-14(15)11-17-4/h8-9,13,17H,5-7,10-11H2,1-4H3,(H,18,20). The van der Waals surface area contributed by atoms with Crippen molar-refractivity contribution in [2.24, 2.45) is 0 Å². The molecule has 0 aliphatic carbocycles. The molecule has 5 heteroatoms. The van der Waals surface area contributed by atoms with Gasteiger partial charge < -0.3 is 15.4 Å². The van der Waals surface area contributed by atoms with E-state index in [1.807, 2.05) is 26.1 Å². The van der Waals surface area contributed by atoms with E-state index in [1.54, 1.807) is 6.92 Å². The molecule has 0 saturated heterocycles. The summed E-state index contributed by atoms with van der Waals surface area (Å²) < 4.78 is 5.76. The van der Waals surface area contributed by atoms with E-state index in [9.17, 15) is 4.79 Å². The maximum atomic E-state index is 12.0. The monoisotopic (exact) mass is 293 g/mol. The van der Waals surface area contributed by atoms with Crippen molar-refractivity contribution < 1.29 is 9.53 Å². The number of aromatic nitrogens is 1. The van der Waals surface area contributed by atoms with Gasteiger partial charge in [-0.25, -0.2) is 0 Å². The molecular weight excluding hydrogens is 266 g/mol. The van der Waals surface area contributed by atoms with Crippen LogP contribution in [-0.4, -0.2) is 30.6 Å². The molecule has 118 valence electrons. The Kier molecular flexibility index (Phi) is 7.75. The third kappa shape index (κ3) is 6.12. The lowest BCUT2D eigenvalue weighted by atomic mass is 10.2. The minimum absolute atomic E-state index is 0.0814. The highest BCUT2D eigenvalue weighted by Crippen LogP contribution is 2.18. The Bertz CT molecular complexity index is 449. The van der Waals surface area contributed by atoms with Crippen LogP contribution in [0.3, 0.4) is 0 Å². The van der Waals surface area contributed by atoms with Gasteiger partial charge in [-0.2, -0.15) is 0 Å². The van der Waals surface area contributed by atoms with Gasteiger partial charge >= 0.3 is 0 Å². The van der Waals surface area contributed by atoms with E-state index < -0.39 is 6.10 Å². The van der Waals surface area contributed by atoms with Crippen molar-refractivity contribution in [2.45, 2.75) is 52.7 Å². The Morgan fingerprint density at radius 1 is 1.38 bits per heavy atom. The minimum atomic E-state index is -0.522. The summed E-state index contributed by atoms with van der Waals surface area (Å²) in [7, 11) is 1.86. The smallest absolute Gasteiger partial charge is 0.260 e. The van der Waals surface area contributed by atoms with E-state index in [4.69, 9.17) is 4.74 Å². The van der Waals surface area contributed by atoms with Crippen molar-refractivity contribution in [3.63, 3.8) is 0 Å². The summed E-state index contributed by atoms with van der Waals surface area (Å²) in [4.78, 5) is 16.4. The van der Waals surface area contributed by atoms with E-state index in [0.29, 0.717) is 18.8 Å². The number of ether oxygens (including phenoxy) is 1. The average molecular weight is 293 g/mol. The van der Waals surface area contributed by atoms with Crippen molar-refractivity contribution in [3.8, 4) is 5.75 Å². The number of unbranched alkanes of at least 4 members (excludes halogenated alkanes) is 2. The second kappa shape index (κ2) is 9.34. The van der Waals surface area contributed by atoms with Crippen molar-refractivity contribution >= 4 is 5.91 Å². The summed E-state index contributed by atoms with van der Waals surface area (Å²) in [5.74, 6) is 0.577. The van der Waals surface area contributed by atoms with Crippen LogP contribution in [0.15, 0.2) is 12.1 Å². The largest absolute Gasteiger partial charge is 0.479 e. The van der Waals surface area contributed by atoms with E-state index in [0.717, 1.165) is 30.7 Å². The van der Waals surface area contributed by atoms with Crippen molar-refractivity contribution in [1.82, 2.24) is 15.6 Å². The van der Waals surface area contributed by atoms with Crippen LogP contribution in [0.25, 0.3) is 0 Å². The average Bonchev–Trinajstić information content (AvgIpc) is 2.46. The summed E-state index contributed by atoms with van der Waals surface area (Å²) in [5.41, 5.74) is 1.76. The molecule has 5 nitrogen and oxygen atoms in total. The number of amides is 1. The van der Waals surface area contributed by atoms with Gasteiger partial charge in [0.2, 0.25) is 0 Å². The summed E-state index contributed by atoms with van der Waals surface area (Å²) in [6.45, 7) is 7.16. The third-order valence-electron chi connectivity index (χ3n) is 3.17. The van der Waals surface area contributed by atoms with Crippen LogP contribution in [0.2, 0.25) is 0 Å². The molecule has 0 aliphatic rings. The molecule has 0 aliphatic heterocycles. The van der Waals surface area contributed by atoms with E-state index in [2.05, 4.69) is 22.5 Å². The summed E-state index contributed by atoms with van der Waals surface area (Å²) in [6, 6.07) is 3.76. The molecule has 21 heavy (non-hydrogen) atoms. The molecular formula is C16H27N3O2. The first kappa shape index (κ1) is 17.4. The van der Waals surface area contributed by atoms with Crippen LogP contribution in [0.1, 0.15) is 44.5 Å². The Labute approximate surface area is 127 Å². The van der Waals surface area contributed by atoms with Crippen LogP contribution in [0, 0.1) is 6.92 Å². The Hall–Kier alpha value is -1.62. The molecule has 1 unspecified atom stereocenters. The number of carbonyl (C=O) groups is 1. The molecule has 0 saturated carbocycles. The second-order valence-corrected chi connectivity index (χ2v) is 5.19. The molecule has 0 spiro atoms. The zero-order chi connectivity index (χ0) is 15.7. The van der Waals surface area contributed by atoms with Gasteiger partial charge in [0.1, 0.15) is 5.75 Å². The lowest BCUT2D eigenvalue weighted by molar-refractivity contribution is -0.127. The number of nitrogens with zero attached hydrogens (tertiary/aromatic N) is 1. The topological polar surface area (TPSA) is 63.2 Å². The summed E-state index contributed by atoms with van der Waals surface area (Å²) in [6.07, 6.45) is 2.76. The molecule has 1 amide bonds. The SMILES string of the molecule is CCCCCNC(=O)C(C)Oc1ccc(C)nc1CNC. The van der Waals surface area contributed by atoms with Crippen LogP contribution in [0.5, 0.6) is 5.75 Å². The van der Waals surface area contributed by atoms with Gasteiger partial charge in [-0.1, -0.05) is 19.8 Å². The van der Waals surface area contributed by atoms with E-state index in [-0.39, 0.29) is 5.91 Å². The highest BCUT2D eigenvalue weighted by atomic mass is 16.5. The molecule has 0 radical (unpaired) electrons. The number of hydrogen-bond donors (Lipinski definition) is 2. The Balaban J connectivity index is 2.57. The number of aryl methyl sites for hydroxylation is 1. The predicted molar refractivity (Wildman–Crippen MR) is 84.4 cm³/mol. The van der Waals surface area contributed by atoms with Crippen molar-refractivity contribution in [2.75, 3.05) is 13.6 Å². The first-order chi connectivity index (χ1) is 10.1. The molecule has 1 heterocycles. The third-order valence-corrected chi connectivity index (χ3v) is 3.17. The molecule has 1 rings (SSSR count). The first-order valence-corrected chi connectivity index (χ1v) is 7.64. The van der Waals surface area contributed by atoms with E-state index >= 15 is 0 Å². The van der Waals surface area contributed by atoms with Crippen LogP contribution < -0.4 is 15.4 Å². The number of hydrogen-bond acceptors (Lipinski definition) is 4. The van der Waals surface area contributed by atoms with Gasteiger partial charge in [-0.15, -0.1) is 0 Å². The maximum absolute atomic E-state index is 12.0. The Morgan fingerprint density at radius 2 is 2.14 bits per heavy atom. The number of nitrogens with one attached hydrogen (secondary N) is 2. The lowest BCUT2D eigenvalue weighted by Gasteiger charge is -2.17. The highest BCUT2D eigenvalue weighted by Gasteiger charge is 2.16. The fourth-order valence-electron chi connectivity index (χ4n) is 1.97. The van der Waals surface area contributed by atoms with Crippen molar-refractivity contribution in [1.29, 1.82) is 0 Å². The fraction of sp³-hybridized carbons (Fsp3) is 0.625. The van der Waals surface area contributed by atoms with Crippen molar-refractivity contribution in [3.05, 3.63) is 23.5 Å². The molecule has 1 aromatic heterocycles. The molecule has 2 N–H and O–H groups in total. The molecule has 1 atom stereocenters. The minimum Gasteiger partial charge on any atom is -0.479 e. The Morgan fingerprint density at radius 3 is 2.81 bits per heavy atom. The molecule has 0 fully saturated rings. The van der Waals surface area contributed by atoms with Crippen LogP contribution in [-0.2, 0) is 11.3 Å². The molecule has 0 aromatic carbocycles. The predicted octanol–water partition coefficient (Wildman–Crippen LogP) is 2.18. The fourth-order valence-corrected chi connectivity index (χ4v) is 1.97. The zero-order valence-corrected chi connectivity index (χ0v) is 13.5. The van der Waals surface area contributed by atoms with Gasteiger partial charge in [0.15, 0.2) is 6.10 Å². The van der Waals surface area contributed by atoms with Gasteiger partial charge in [0.05, 0.1) is 5.69 Å². The summed E-state index contributed by atoms with van der Waals surface area (Å²) >= 11 is 0. The lowest BCUT2D eigenvalue weighted by Crippen LogP contribution is -2.37. The van der Waals surface area contributed by atoms with Gasteiger partial charge in [-0.3, -0.25) is 9.78 Å². The number of rotatable bonds is 9. The molecule has 1 aromatic rings. The van der Waals surface area contributed by atoms with Gasteiger partial charge in [0.25, 0.3) is 5.91 Å². The van der Waals surface area contributed by atoms with Gasteiger partial charge in [-0.05, 0) is 39.4 Å². The normalized spacial score (nSPS) is 12.0. The van der Waals surface area contributed by atoms with Crippen LogP contribution >= 0.6 is 0 Å². The highest BCUT2D eigenvalue weighted by molar-refractivity contribution is 5.80. The zero-order valence-electron chi connectivity index (χ0n) is 13.5. The number of pyridine rings is 1.